The molecule has 1 aliphatic carbocycles. The van der Waals surface area contributed by atoms with Crippen molar-refractivity contribution < 1.29 is 39.3 Å². The first-order valence-corrected chi connectivity index (χ1v) is 9.31. The van der Waals surface area contributed by atoms with Gasteiger partial charge in [-0.15, -0.1) is 0 Å². The summed E-state index contributed by atoms with van der Waals surface area (Å²) < 4.78 is 0. The number of anilines is 1. The second-order valence-corrected chi connectivity index (χ2v) is 6.93. The van der Waals surface area contributed by atoms with E-state index in [1.807, 2.05) is 12.1 Å². The van der Waals surface area contributed by atoms with Crippen molar-refractivity contribution in [3.05, 3.63) is 29.3 Å². The minimum absolute atomic E-state index is 0.467. The minimum atomic E-state index is -1.38. The van der Waals surface area contributed by atoms with Gasteiger partial charge in [-0.25, -0.2) is 4.79 Å². The fourth-order valence-electron chi connectivity index (χ4n) is 2.91. The highest BCUT2D eigenvalue weighted by molar-refractivity contribution is 6.31. The summed E-state index contributed by atoms with van der Waals surface area (Å²) in [4.78, 5) is 54.8. The average Bonchev–Trinajstić information content (AvgIpc) is 3.13. The average molecular weight is 422 g/mol. The molecule has 0 aromatic heterocycles. The van der Waals surface area contributed by atoms with E-state index in [2.05, 4.69) is 5.32 Å². The van der Waals surface area contributed by atoms with Crippen molar-refractivity contribution in [2.45, 2.75) is 52.1 Å². The van der Waals surface area contributed by atoms with Crippen molar-refractivity contribution in [1.29, 1.82) is 0 Å². The van der Waals surface area contributed by atoms with Gasteiger partial charge in [0, 0.05) is 12.6 Å². The Hall–Kier alpha value is -3.27. The number of rotatable bonds is 8. The maximum Gasteiger partial charge on any atom is 0.371 e. The van der Waals surface area contributed by atoms with Crippen molar-refractivity contribution in [3.8, 4) is 0 Å². The smallest absolute Gasteiger partial charge is 0.371 e. The molecule has 0 saturated heterocycles. The molecular weight excluding hydrogens is 396 g/mol. The van der Waals surface area contributed by atoms with Gasteiger partial charge in [-0.2, -0.15) is 0 Å². The Morgan fingerprint density at radius 2 is 1.57 bits per heavy atom. The van der Waals surface area contributed by atoms with E-state index in [1.165, 1.54) is 24.3 Å². The van der Waals surface area contributed by atoms with Gasteiger partial charge in [-0.1, -0.05) is 6.07 Å². The van der Waals surface area contributed by atoms with Gasteiger partial charge in [-0.05, 0) is 56.4 Å². The van der Waals surface area contributed by atoms with Crippen molar-refractivity contribution in [2.24, 2.45) is 0 Å². The van der Waals surface area contributed by atoms with E-state index < -0.39 is 48.2 Å². The number of nitrogens with zero attached hydrogens (tertiary/aromatic N) is 1. The Morgan fingerprint density at radius 1 is 1.00 bits per heavy atom. The number of carbonyl (C=O) groups excluding carboxylic acids is 2. The predicted molar refractivity (Wildman–Crippen MR) is 106 cm³/mol. The summed E-state index contributed by atoms with van der Waals surface area (Å²) in [6.07, 6.45) is 2.97. The van der Waals surface area contributed by atoms with Crippen LogP contribution < -0.4 is 10.2 Å². The molecule has 1 aromatic carbocycles. The van der Waals surface area contributed by atoms with Gasteiger partial charge in [-0.3, -0.25) is 29.4 Å². The Balaban J connectivity index is 0.000000656. The summed E-state index contributed by atoms with van der Waals surface area (Å²) in [5.74, 6) is -4.87. The first-order valence-electron chi connectivity index (χ1n) is 9.31. The highest BCUT2D eigenvalue weighted by Crippen LogP contribution is 2.27. The van der Waals surface area contributed by atoms with Crippen LogP contribution >= 0.6 is 0 Å². The number of Topliss-reactive ketones (excluding diaryl/α,β-unsaturated/α-hetero) is 1. The number of aryl methyl sites for hydroxylation is 2. The van der Waals surface area contributed by atoms with E-state index in [-0.39, 0.29) is 0 Å². The largest absolute Gasteiger partial charge is 0.480 e. The van der Waals surface area contributed by atoms with Crippen LogP contribution in [0, 0.1) is 0 Å². The predicted octanol–water partition coefficient (Wildman–Crippen LogP) is 0.704. The molecule has 1 aliphatic rings. The molecule has 2 rings (SSSR count). The van der Waals surface area contributed by atoms with Crippen LogP contribution in [0.25, 0.3) is 0 Å². The van der Waals surface area contributed by atoms with Gasteiger partial charge in [0.05, 0.1) is 6.04 Å². The summed E-state index contributed by atoms with van der Waals surface area (Å²) in [7, 11) is 0. The SMILES string of the molecule is CC(=O)C(=O)O.CC(N[C@@H](C)C(=O)N(CC(=O)O)c1ccc2c(c1)CCC2)C(=O)O. The summed E-state index contributed by atoms with van der Waals surface area (Å²) >= 11 is 0. The molecule has 164 valence electrons. The van der Waals surface area contributed by atoms with E-state index in [4.69, 9.17) is 15.3 Å². The van der Waals surface area contributed by atoms with E-state index in [1.54, 1.807) is 6.07 Å². The molecule has 0 fully saturated rings. The number of carboxylic acids is 3. The number of aliphatic carboxylic acids is 3. The Morgan fingerprint density at radius 3 is 2.07 bits per heavy atom. The standard InChI is InChI=1S/C17H22N2O5.C3H4O3/c1-10(18-11(2)17(23)24)16(22)19(9-15(20)21)14-7-6-12-4-3-5-13(12)8-14;1-2(4)3(5)6/h6-8,10-11,18H,3-5,9H2,1-2H3,(H,20,21)(H,23,24);1H3,(H,5,6)/t10-,11?;/m0./s1. The lowest BCUT2D eigenvalue weighted by Crippen LogP contribution is -2.51. The highest BCUT2D eigenvalue weighted by atomic mass is 16.4. The molecule has 1 amide bonds. The molecular formula is C20H26N2O8. The number of carboxylic acid groups (broad SMARTS) is 3. The number of carbonyl (C=O) groups is 5. The van der Waals surface area contributed by atoms with Crippen LogP contribution in [0.2, 0.25) is 0 Å². The molecule has 1 unspecified atom stereocenters. The Kier molecular flexibility index (Phi) is 9.13. The molecule has 0 bridgehead atoms. The number of hydrogen-bond donors (Lipinski definition) is 4. The lowest BCUT2D eigenvalue weighted by molar-refractivity contribution is -0.148. The van der Waals surface area contributed by atoms with Gasteiger partial charge in [0.25, 0.3) is 0 Å². The van der Waals surface area contributed by atoms with Gasteiger partial charge in [0.1, 0.15) is 12.6 Å². The minimum Gasteiger partial charge on any atom is -0.480 e. The molecule has 4 N–H and O–H groups in total. The van der Waals surface area contributed by atoms with Gasteiger partial charge in [0.15, 0.2) is 0 Å². The molecule has 30 heavy (non-hydrogen) atoms. The number of nitrogens with one attached hydrogen (secondary N) is 1. The second kappa shape index (κ2) is 11.1. The fraction of sp³-hybridized carbons (Fsp3) is 0.450. The van der Waals surface area contributed by atoms with E-state index >= 15 is 0 Å². The van der Waals surface area contributed by atoms with Crippen molar-refractivity contribution in [1.82, 2.24) is 5.32 Å². The first kappa shape index (κ1) is 24.8. The van der Waals surface area contributed by atoms with Gasteiger partial charge >= 0.3 is 17.9 Å². The van der Waals surface area contributed by atoms with Crippen LogP contribution in [-0.2, 0) is 36.8 Å². The zero-order valence-electron chi connectivity index (χ0n) is 17.0. The van der Waals surface area contributed by atoms with Crippen LogP contribution in [0.15, 0.2) is 18.2 Å². The quantitative estimate of drug-likeness (QED) is 0.442. The molecule has 10 heteroatoms. The van der Waals surface area contributed by atoms with E-state index in [9.17, 15) is 24.0 Å². The highest BCUT2D eigenvalue weighted by Gasteiger charge is 2.27. The van der Waals surface area contributed by atoms with Crippen LogP contribution in [0.1, 0.15) is 38.3 Å². The summed E-state index contributed by atoms with van der Waals surface area (Å²) in [6, 6.07) is 3.81. The Labute approximate surface area is 173 Å². The van der Waals surface area contributed by atoms with Crippen LogP contribution in [-0.4, -0.2) is 63.5 Å². The number of benzene rings is 1. The van der Waals surface area contributed by atoms with Crippen LogP contribution in [0.5, 0.6) is 0 Å². The number of hydrogen-bond acceptors (Lipinski definition) is 6. The summed E-state index contributed by atoms with van der Waals surface area (Å²) in [5.41, 5.74) is 2.89. The normalized spacial score (nSPS) is 13.8. The molecule has 0 spiro atoms. The topological polar surface area (TPSA) is 161 Å². The van der Waals surface area contributed by atoms with Crippen molar-refractivity contribution >= 4 is 35.3 Å². The third-order valence-electron chi connectivity index (χ3n) is 4.50. The third kappa shape index (κ3) is 7.28. The number of fused-ring (bicyclic) bond motifs is 1. The molecule has 0 aliphatic heterocycles. The molecule has 1 aromatic rings. The lowest BCUT2D eigenvalue weighted by Gasteiger charge is -2.26. The van der Waals surface area contributed by atoms with Crippen LogP contribution in [0.3, 0.4) is 0 Å². The fourth-order valence-corrected chi connectivity index (χ4v) is 2.91. The lowest BCUT2D eigenvalue weighted by atomic mass is 10.1. The molecule has 2 atom stereocenters. The number of amides is 1. The summed E-state index contributed by atoms with van der Waals surface area (Å²) in [5, 5.41) is 28.4. The molecule has 0 heterocycles. The Bertz CT molecular complexity index is 824. The first-order chi connectivity index (χ1) is 13.9. The van der Waals surface area contributed by atoms with E-state index in [0.29, 0.717) is 5.69 Å². The zero-order chi connectivity index (χ0) is 23.0. The number of ketones is 1. The van der Waals surface area contributed by atoms with Crippen molar-refractivity contribution in [3.63, 3.8) is 0 Å². The second-order valence-electron chi connectivity index (χ2n) is 6.93. The zero-order valence-corrected chi connectivity index (χ0v) is 17.0. The third-order valence-corrected chi connectivity index (χ3v) is 4.50. The molecule has 0 radical (unpaired) electrons. The molecule has 10 nitrogen and oxygen atoms in total. The van der Waals surface area contributed by atoms with Gasteiger partial charge < -0.3 is 15.3 Å². The summed E-state index contributed by atoms with van der Waals surface area (Å²) in [6.45, 7) is 3.50. The maximum absolute atomic E-state index is 12.6. The van der Waals surface area contributed by atoms with Crippen molar-refractivity contribution in [2.75, 3.05) is 11.4 Å². The monoisotopic (exact) mass is 422 g/mol. The molecule has 0 saturated carbocycles. The van der Waals surface area contributed by atoms with E-state index in [0.717, 1.165) is 31.7 Å². The van der Waals surface area contributed by atoms with Crippen LogP contribution in [0.4, 0.5) is 5.69 Å². The maximum atomic E-state index is 12.6. The van der Waals surface area contributed by atoms with Gasteiger partial charge in [0.2, 0.25) is 11.7 Å².